The monoisotopic (exact) mass is 554 g/mol. The third-order valence-electron chi connectivity index (χ3n) is 6.87. The van der Waals surface area contributed by atoms with E-state index in [2.05, 4.69) is 101 Å². The standard InChI is InChI=1S/C29H32Br2O/c1-4-7-8-9-11-19-12-10-13-22(14-19)29(32)25-17-27(30)20(5-2)15-23(25)24-16-21(6-3)28(31)18-26(24)29/h10,12-18,32H,4-9,11H2,1-3H3. The lowest BCUT2D eigenvalue weighted by atomic mass is 9.83. The normalized spacial score (nSPS) is 13.8. The minimum atomic E-state index is -1.16. The summed E-state index contributed by atoms with van der Waals surface area (Å²) in [6, 6.07) is 17.4. The Kier molecular flexibility index (Phi) is 7.29. The van der Waals surface area contributed by atoms with E-state index in [4.69, 9.17) is 0 Å². The van der Waals surface area contributed by atoms with Gasteiger partial charge in [0.15, 0.2) is 0 Å². The molecule has 0 saturated heterocycles. The highest BCUT2D eigenvalue weighted by atomic mass is 79.9. The van der Waals surface area contributed by atoms with Crippen LogP contribution in [0.4, 0.5) is 0 Å². The van der Waals surface area contributed by atoms with Crippen LogP contribution in [0.1, 0.15) is 79.8 Å². The molecule has 0 aromatic heterocycles. The molecule has 0 bridgehead atoms. The highest BCUT2D eigenvalue weighted by Crippen LogP contribution is 2.53. The van der Waals surface area contributed by atoms with Gasteiger partial charge in [-0.05, 0) is 83.3 Å². The van der Waals surface area contributed by atoms with E-state index < -0.39 is 5.60 Å². The van der Waals surface area contributed by atoms with Crippen molar-refractivity contribution >= 4 is 31.9 Å². The summed E-state index contributed by atoms with van der Waals surface area (Å²) in [6.07, 6.45) is 7.94. The zero-order chi connectivity index (χ0) is 22.9. The molecule has 168 valence electrons. The van der Waals surface area contributed by atoms with E-state index in [1.54, 1.807) is 0 Å². The Morgan fingerprint density at radius 1 is 0.750 bits per heavy atom. The van der Waals surface area contributed by atoms with Crippen LogP contribution >= 0.6 is 31.9 Å². The van der Waals surface area contributed by atoms with Crippen LogP contribution in [0.2, 0.25) is 0 Å². The number of hydrogen-bond acceptors (Lipinski definition) is 1. The summed E-state index contributed by atoms with van der Waals surface area (Å²) in [5, 5.41) is 12.4. The summed E-state index contributed by atoms with van der Waals surface area (Å²) in [5.41, 5.74) is 7.88. The van der Waals surface area contributed by atoms with Crippen LogP contribution in [-0.2, 0) is 24.9 Å². The number of halogens is 2. The Bertz CT molecular complexity index is 1070. The first-order valence-corrected chi connectivity index (χ1v) is 13.5. The molecule has 0 saturated carbocycles. The molecule has 0 unspecified atom stereocenters. The maximum Gasteiger partial charge on any atom is 0.141 e. The summed E-state index contributed by atoms with van der Waals surface area (Å²) < 4.78 is 2.13. The molecule has 0 radical (unpaired) electrons. The van der Waals surface area contributed by atoms with Gasteiger partial charge in [-0.1, -0.05) is 96.2 Å². The number of unbranched alkanes of at least 4 members (excludes halogenated alkanes) is 3. The van der Waals surface area contributed by atoms with Crippen LogP contribution in [0, 0.1) is 0 Å². The minimum Gasteiger partial charge on any atom is -0.376 e. The summed E-state index contributed by atoms with van der Waals surface area (Å²) in [7, 11) is 0. The van der Waals surface area contributed by atoms with Crippen LogP contribution in [0.25, 0.3) is 11.1 Å². The average Bonchev–Trinajstić information content (AvgIpc) is 3.03. The maximum atomic E-state index is 12.4. The minimum absolute atomic E-state index is 0.950. The Morgan fingerprint density at radius 3 is 1.88 bits per heavy atom. The molecule has 0 aliphatic heterocycles. The largest absolute Gasteiger partial charge is 0.376 e. The van der Waals surface area contributed by atoms with Gasteiger partial charge in [-0.15, -0.1) is 0 Å². The molecular formula is C29H32Br2O. The lowest BCUT2D eigenvalue weighted by molar-refractivity contribution is 0.130. The van der Waals surface area contributed by atoms with Gasteiger partial charge in [-0.25, -0.2) is 0 Å². The number of rotatable bonds is 8. The quantitative estimate of drug-likeness (QED) is 0.275. The molecule has 0 atom stereocenters. The lowest BCUT2D eigenvalue weighted by Crippen LogP contribution is -2.26. The summed E-state index contributed by atoms with van der Waals surface area (Å²) in [4.78, 5) is 0. The van der Waals surface area contributed by atoms with E-state index in [1.807, 2.05) is 0 Å². The van der Waals surface area contributed by atoms with E-state index in [-0.39, 0.29) is 0 Å². The highest BCUT2D eigenvalue weighted by molar-refractivity contribution is 9.10. The molecule has 1 N–H and O–H groups in total. The molecule has 1 nitrogen and oxygen atoms in total. The molecule has 0 amide bonds. The van der Waals surface area contributed by atoms with Crippen molar-refractivity contribution in [2.24, 2.45) is 0 Å². The number of aryl methyl sites for hydroxylation is 3. The van der Waals surface area contributed by atoms with Gasteiger partial charge in [0.05, 0.1) is 0 Å². The van der Waals surface area contributed by atoms with Crippen molar-refractivity contribution in [1.82, 2.24) is 0 Å². The molecule has 4 rings (SSSR count). The second kappa shape index (κ2) is 9.83. The van der Waals surface area contributed by atoms with Crippen LogP contribution in [-0.4, -0.2) is 5.11 Å². The average molecular weight is 556 g/mol. The summed E-state index contributed by atoms with van der Waals surface area (Å²) >= 11 is 7.53. The molecule has 1 aliphatic carbocycles. The Hall–Kier alpha value is -1.42. The second-order valence-corrected chi connectivity index (χ2v) is 10.6. The van der Waals surface area contributed by atoms with Crippen LogP contribution in [0.15, 0.2) is 57.5 Å². The number of benzene rings is 3. The van der Waals surface area contributed by atoms with Crippen molar-refractivity contribution in [2.45, 2.75) is 71.3 Å². The molecule has 0 spiro atoms. The van der Waals surface area contributed by atoms with Gasteiger partial charge < -0.3 is 5.11 Å². The first-order chi connectivity index (χ1) is 15.4. The van der Waals surface area contributed by atoms with Gasteiger partial charge in [0, 0.05) is 20.1 Å². The fourth-order valence-electron chi connectivity index (χ4n) is 4.99. The van der Waals surface area contributed by atoms with Gasteiger partial charge in [-0.3, -0.25) is 0 Å². The second-order valence-electron chi connectivity index (χ2n) is 8.91. The van der Waals surface area contributed by atoms with E-state index in [9.17, 15) is 5.11 Å². The van der Waals surface area contributed by atoms with Crippen molar-refractivity contribution < 1.29 is 5.11 Å². The number of hydrogen-bond donors (Lipinski definition) is 1. The van der Waals surface area contributed by atoms with Crippen LogP contribution < -0.4 is 0 Å². The zero-order valence-corrected chi connectivity index (χ0v) is 22.4. The van der Waals surface area contributed by atoms with Gasteiger partial charge >= 0.3 is 0 Å². The van der Waals surface area contributed by atoms with Gasteiger partial charge in [0.1, 0.15) is 5.60 Å². The summed E-state index contributed by atoms with van der Waals surface area (Å²) in [5.74, 6) is 0. The zero-order valence-electron chi connectivity index (χ0n) is 19.3. The van der Waals surface area contributed by atoms with Crippen LogP contribution in [0.5, 0.6) is 0 Å². The van der Waals surface area contributed by atoms with E-state index in [0.717, 1.165) is 56.0 Å². The highest BCUT2D eigenvalue weighted by Gasteiger charge is 2.44. The molecule has 1 aliphatic rings. The fourth-order valence-corrected chi connectivity index (χ4v) is 6.23. The predicted octanol–water partition coefficient (Wildman–Crippen LogP) is 8.72. The molecule has 32 heavy (non-hydrogen) atoms. The van der Waals surface area contributed by atoms with E-state index in [1.165, 1.54) is 42.4 Å². The first kappa shape index (κ1) is 23.7. The lowest BCUT2D eigenvalue weighted by Gasteiger charge is -2.28. The fraction of sp³-hybridized carbons (Fsp3) is 0.379. The smallest absolute Gasteiger partial charge is 0.141 e. The van der Waals surface area contributed by atoms with E-state index in [0.29, 0.717) is 0 Å². The van der Waals surface area contributed by atoms with Crippen LogP contribution in [0.3, 0.4) is 0 Å². The first-order valence-electron chi connectivity index (χ1n) is 11.9. The summed E-state index contributed by atoms with van der Waals surface area (Å²) in [6.45, 7) is 6.60. The Balaban J connectivity index is 1.88. The molecule has 3 aromatic rings. The topological polar surface area (TPSA) is 20.2 Å². The number of fused-ring (bicyclic) bond motifs is 3. The molecule has 0 heterocycles. The maximum absolute atomic E-state index is 12.4. The Labute approximate surface area is 209 Å². The molecular weight excluding hydrogens is 524 g/mol. The predicted molar refractivity (Wildman–Crippen MR) is 142 cm³/mol. The van der Waals surface area contributed by atoms with Crippen molar-refractivity contribution in [2.75, 3.05) is 0 Å². The van der Waals surface area contributed by atoms with Crippen molar-refractivity contribution in [3.05, 3.63) is 90.9 Å². The Morgan fingerprint density at radius 2 is 1.34 bits per heavy atom. The van der Waals surface area contributed by atoms with Gasteiger partial charge in [0.25, 0.3) is 0 Å². The van der Waals surface area contributed by atoms with E-state index >= 15 is 0 Å². The van der Waals surface area contributed by atoms with Gasteiger partial charge in [0.2, 0.25) is 0 Å². The van der Waals surface area contributed by atoms with Crippen molar-refractivity contribution in [3.8, 4) is 11.1 Å². The molecule has 3 heteroatoms. The van der Waals surface area contributed by atoms with Gasteiger partial charge in [-0.2, -0.15) is 0 Å². The molecule has 3 aromatic carbocycles. The third kappa shape index (κ3) is 4.13. The number of aliphatic hydroxyl groups is 1. The molecule has 0 fully saturated rings. The third-order valence-corrected chi connectivity index (χ3v) is 8.34. The SMILES string of the molecule is CCCCCCc1cccc(C2(O)c3cc(Br)c(CC)cc3-c3cc(CC)c(Br)cc32)c1. The van der Waals surface area contributed by atoms with Crippen molar-refractivity contribution in [1.29, 1.82) is 0 Å². The van der Waals surface area contributed by atoms with Crippen molar-refractivity contribution in [3.63, 3.8) is 0 Å².